The van der Waals surface area contributed by atoms with Crippen molar-refractivity contribution in [3.8, 4) is 11.5 Å². The van der Waals surface area contributed by atoms with Crippen LogP contribution in [0, 0.1) is 20.8 Å². The number of hydrogen-bond acceptors (Lipinski definition) is 4. The smallest absolute Gasteiger partial charge is 0.203 e. The molecule has 0 aliphatic carbocycles. The molecular formula is C24H26N2O3. The number of nitrogens with zero attached hydrogens (tertiary/aromatic N) is 2. The van der Waals surface area contributed by atoms with Gasteiger partial charge in [-0.2, -0.15) is 5.10 Å². The van der Waals surface area contributed by atoms with E-state index < -0.39 is 0 Å². The Bertz CT molecular complexity index is 1040. The Kier molecular flexibility index (Phi) is 6.17. The molecule has 0 amide bonds. The number of ether oxygens (including phenoxy) is 2. The molecule has 150 valence electrons. The largest absolute Gasteiger partial charge is 0.496 e. The summed E-state index contributed by atoms with van der Waals surface area (Å²) in [4.78, 5) is 12.4. The molecule has 5 heteroatoms. The van der Waals surface area contributed by atoms with Gasteiger partial charge in [-0.3, -0.25) is 9.48 Å². The van der Waals surface area contributed by atoms with Crippen molar-refractivity contribution in [1.29, 1.82) is 0 Å². The van der Waals surface area contributed by atoms with Gasteiger partial charge in [-0.25, -0.2) is 0 Å². The van der Waals surface area contributed by atoms with Gasteiger partial charge in [0.2, 0.25) is 5.78 Å². The molecule has 3 aromatic rings. The second-order valence-corrected chi connectivity index (χ2v) is 7.07. The van der Waals surface area contributed by atoms with Gasteiger partial charge in [0, 0.05) is 12.6 Å². The number of carbonyl (C=O) groups is 1. The fourth-order valence-electron chi connectivity index (χ4n) is 3.29. The van der Waals surface area contributed by atoms with E-state index in [1.165, 1.54) is 0 Å². The van der Waals surface area contributed by atoms with Gasteiger partial charge in [-0.05, 0) is 61.7 Å². The maximum atomic E-state index is 12.4. The molecule has 0 atom stereocenters. The fraction of sp³-hybridized carbons (Fsp3) is 0.250. The lowest BCUT2D eigenvalue weighted by atomic mass is 10.1. The Balaban J connectivity index is 1.79. The average molecular weight is 390 g/mol. The van der Waals surface area contributed by atoms with Crippen LogP contribution in [0.15, 0.2) is 48.5 Å². The van der Waals surface area contributed by atoms with Crippen LogP contribution in [0.3, 0.4) is 0 Å². The topological polar surface area (TPSA) is 53.3 Å². The number of benzene rings is 2. The van der Waals surface area contributed by atoms with E-state index >= 15 is 0 Å². The summed E-state index contributed by atoms with van der Waals surface area (Å²) in [6.45, 7) is 6.31. The Morgan fingerprint density at radius 3 is 2.45 bits per heavy atom. The molecule has 0 fully saturated rings. The van der Waals surface area contributed by atoms with Gasteiger partial charge in [0.05, 0.1) is 12.8 Å². The van der Waals surface area contributed by atoms with Crippen LogP contribution in [0.25, 0.3) is 6.08 Å². The molecule has 0 radical (unpaired) electrons. The van der Waals surface area contributed by atoms with Crippen LogP contribution in [0.4, 0.5) is 0 Å². The highest BCUT2D eigenvalue weighted by Gasteiger charge is 2.10. The highest BCUT2D eigenvalue weighted by molar-refractivity contribution is 6.05. The molecule has 1 aromatic heterocycles. The van der Waals surface area contributed by atoms with Gasteiger partial charge < -0.3 is 9.47 Å². The monoisotopic (exact) mass is 390 g/mol. The predicted molar refractivity (Wildman–Crippen MR) is 115 cm³/mol. The van der Waals surface area contributed by atoms with E-state index in [9.17, 15) is 4.79 Å². The third-order valence-electron chi connectivity index (χ3n) is 4.77. The Hall–Kier alpha value is -3.34. The maximum absolute atomic E-state index is 12.4. The first kappa shape index (κ1) is 20.4. The van der Waals surface area contributed by atoms with Crippen molar-refractivity contribution in [3.05, 3.63) is 82.2 Å². The third-order valence-corrected chi connectivity index (χ3v) is 4.77. The van der Waals surface area contributed by atoms with Crippen LogP contribution in [-0.4, -0.2) is 22.7 Å². The van der Waals surface area contributed by atoms with Gasteiger partial charge in [0.25, 0.3) is 0 Å². The summed E-state index contributed by atoms with van der Waals surface area (Å²) in [7, 11) is 3.41. The van der Waals surface area contributed by atoms with Gasteiger partial charge in [-0.15, -0.1) is 0 Å². The Morgan fingerprint density at radius 2 is 1.83 bits per heavy atom. The molecule has 0 spiro atoms. The highest BCUT2D eigenvalue weighted by atomic mass is 16.5. The van der Waals surface area contributed by atoms with Crippen LogP contribution < -0.4 is 9.47 Å². The van der Waals surface area contributed by atoms with Crippen molar-refractivity contribution >= 4 is 11.9 Å². The summed E-state index contributed by atoms with van der Waals surface area (Å²) < 4.78 is 13.2. The second-order valence-electron chi connectivity index (χ2n) is 7.07. The van der Waals surface area contributed by atoms with E-state index in [1.807, 2.05) is 57.2 Å². The van der Waals surface area contributed by atoms with E-state index in [0.29, 0.717) is 12.3 Å². The molecule has 5 nitrogen and oxygen atoms in total. The van der Waals surface area contributed by atoms with E-state index in [4.69, 9.17) is 9.47 Å². The van der Waals surface area contributed by atoms with Gasteiger partial charge >= 0.3 is 0 Å². The minimum Gasteiger partial charge on any atom is -0.496 e. The summed E-state index contributed by atoms with van der Waals surface area (Å²) in [5.74, 6) is 1.55. The zero-order valence-corrected chi connectivity index (χ0v) is 17.5. The SMILES string of the molecule is COc1ccc(/C=C/C(=O)c2cc(C)nn2C)cc1COc1c(C)cccc1C. The van der Waals surface area contributed by atoms with Crippen molar-refractivity contribution in [2.75, 3.05) is 7.11 Å². The number of para-hydroxylation sites is 1. The number of rotatable bonds is 7. The van der Waals surface area contributed by atoms with Crippen molar-refractivity contribution in [2.24, 2.45) is 7.05 Å². The first-order chi connectivity index (χ1) is 13.9. The standard InChI is InChI=1S/C24H26N2O3/c1-16-7-6-8-17(2)24(16)29-15-20-14-19(10-12-23(20)28-5)9-11-22(27)21-13-18(3)25-26(21)4/h6-14H,15H2,1-5H3/b11-9+. The normalized spacial score (nSPS) is 11.1. The lowest BCUT2D eigenvalue weighted by Crippen LogP contribution is -2.04. The summed E-state index contributed by atoms with van der Waals surface area (Å²) in [6, 6.07) is 13.6. The molecule has 1 heterocycles. The molecule has 0 saturated heterocycles. The van der Waals surface area contributed by atoms with E-state index in [0.717, 1.165) is 39.4 Å². The summed E-state index contributed by atoms with van der Waals surface area (Å²) in [5.41, 5.74) is 5.39. The van der Waals surface area contributed by atoms with Crippen LogP contribution >= 0.6 is 0 Å². The summed E-state index contributed by atoms with van der Waals surface area (Å²) >= 11 is 0. The fourth-order valence-corrected chi connectivity index (χ4v) is 3.29. The molecule has 0 aliphatic heterocycles. The molecule has 2 aromatic carbocycles. The minimum atomic E-state index is -0.0859. The maximum Gasteiger partial charge on any atom is 0.203 e. The molecule has 0 saturated carbocycles. The van der Waals surface area contributed by atoms with E-state index in [1.54, 1.807) is 37.1 Å². The van der Waals surface area contributed by atoms with E-state index in [-0.39, 0.29) is 5.78 Å². The average Bonchev–Trinajstić information content (AvgIpc) is 3.04. The zero-order valence-electron chi connectivity index (χ0n) is 17.5. The molecule has 0 aliphatic rings. The number of hydrogen-bond donors (Lipinski definition) is 0. The number of aromatic nitrogens is 2. The summed E-state index contributed by atoms with van der Waals surface area (Å²) in [6.07, 6.45) is 3.36. The number of methoxy groups -OCH3 is 1. The molecule has 0 N–H and O–H groups in total. The molecule has 29 heavy (non-hydrogen) atoms. The van der Waals surface area contributed by atoms with Crippen LogP contribution in [0.1, 0.15) is 38.4 Å². The van der Waals surface area contributed by atoms with Crippen LogP contribution in [0.2, 0.25) is 0 Å². The summed E-state index contributed by atoms with van der Waals surface area (Å²) in [5, 5.41) is 4.22. The number of aryl methyl sites for hydroxylation is 4. The predicted octanol–water partition coefficient (Wildman–Crippen LogP) is 4.83. The molecule has 3 rings (SSSR count). The lowest BCUT2D eigenvalue weighted by Gasteiger charge is -2.14. The lowest BCUT2D eigenvalue weighted by molar-refractivity contribution is 0.103. The number of allylic oxidation sites excluding steroid dienone is 1. The number of ketones is 1. The zero-order chi connectivity index (χ0) is 21.0. The molecule has 0 bridgehead atoms. The van der Waals surface area contributed by atoms with Crippen LogP contribution in [0.5, 0.6) is 11.5 Å². The third kappa shape index (κ3) is 4.74. The van der Waals surface area contributed by atoms with Crippen molar-refractivity contribution < 1.29 is 14.3 Å². The Labute approximate surface area is 171 Å². The van der Waals surface area contributed by atoms with Crippen molar-refractivity contribution in [2.45, 2.75) is 27.4 Å². The van der Waals surface area contributed by atoms with Crippen molar-refractivity contribution in [3.63, 3.8) is 0 Å². The highest BCUT2D eigenvalue weighted by Crippen LogP contribution is 2.27. The molecular weight excluding hydrogens is 364 g/mol. The van der Waals surface area contributed by atoms with Crippen LogP contribution in [-0.2, 0) is 13.7 Å². The first-order valence-corrected chi connectivity index (χ1v) is 9.48. The Morgan fingerprint density at radius 1 is 1.10 bits per heavy atom. The van der Waals surface area contributed by atoms with Gasteiger partial charge in [0.1, 0.15) is 23.8 Å². The number of carbonyl (C=O) groups excluding carboxylic acids is 1. The van der Waals surface area contributed by atoms with Gasteiger partial charge in [0.15, 0.2) is 0 Å². The van der Waals surface area contributed by atoms with Crippen molar-refractivity contribution in [1.82, 2.24) is 9.78 Å². The molecule has 0 unspecified atom stereocenters. The second kappa shape index (κ2) is 8.78. The first-order valence-electron chi connectivity index (χ1n) is 9.48. The quantitative estimate of drug-likeness (QED) is 0.428. The van der Waals surface area contributed by atoms with E-state index in [2.05, 4.69) is 5.10 Å². The van der Waals surface area contributed by atoms with Gasteiger partial charge in [-0.1, -0.05) is 30.3 Å². The minimum absolute atomic E-state index is 0.0859.